The van der Waals surface area contributed by atoms with Crippen molar-refractivity contribution in [3.63, 3.8) is 0 Å². The number of nitrogens with zero attached hydrogens (tertiary/aromatic N) is 1. The summed E-state index contributed by atoms with van der Waals surface area (Å²) in [5.41, 5.74) is 6.45. The van der Waals surface area contributed by atoms with Crippen molar-refractivity contribution in [1.82, 2.24) is 4.90 Å². The molecule has 1 heterocycles. The lowest BCUT2D eigenvalue weighted by Crippen LogP contribution is -2.30. The van der Waals surface area contributed by atoms with Crippen molar-refractivity contribution >= 4 is 5.91 Å². The van der Waals surface area contributed by atoms with Crippen LogP contribution in [0.5, 0.6) is 5.75 Å². The first kappa shape index (κ1) is 13.8. The van der Waals surface area contributed by atoms with E-state index in [9.17, 15) is 9.18 Å². The maximum atomic E-state index is 13.3. The lowest BCUT2D eigenvalue weighted by Gasteiger charge is -2.17. The van der Waals surface area contributed by atoms with Crippen molar-refractivity contribution in [3.05, 3.63) is 29.6 Å². The summed E-state index contributed by atoms with van der Waals surface area (Å²) in [6, 6.07) is 4.23. The van der Waals surface area contributed by atoms with Crippen LogP contribution in [-0.4, -0.2) is 36.5 Å². The lowest BCUT2D eigenvalue weighted by molar-refractivity contribution is -0.132. The highest BCUT2D eigenvalue weighted by atomic mass is 19.1. The van der Waals surface area contributed by atoms with E-state index in [1.54, 1.807) is 18.0 Å². The van der Waals surface area contributed by atoms with Crippen molar-refractivity contribution in [2.45, 2.75) is 31.9 Å². The zero-order valence-electron chi connectivity index (χ0n) is 11.2. The molecule has 104 valence electrons. The Kier molecular flexibility index (Phi) is 4.04. The van der Waals surface area contributed by atoms with Gasteiger partial charge < -0.3 is 15.4 Å². The van der Waals surface area contributed by atoms with Crippen LogP contribution in [0, 0.1) is 5.82 Å². The van der Waals surface area contributed by atoms with Gasteiger partial charge in [0.25, 0.3) is 5.91 Å². The van der Waals surface area contributed by atoms with Crippen LogP contribution in [0.25, 0.3) is 0 Å². The molecule has 0 radical (unpaired) electrons. The Morgan fingerprint density at radius 3 is 2.89 bits per heavy atom. The molecule has 1 aromatic carbocycles. The second kappa shape index (κ2) is 5.57. The number of likely N-dealkylation sites (tertiary alicyclic amines) is 1. The summed E-state index contributed by atoms with van der Waals surface area (Å²) in [7, 11) is 1.75. The van der Waals surface area contributed by atoms with E-state index in [4.69, 9.17) is 10.5 Å². The van der Waals surface area contributed by atoms with Crippen molar-refractivity contribution in [2.75, 3.05) is 13.6 Å². The number of halogens is 1. The Labute approximate surface area is 112 Å². The van der Waals surface area contributed by atoms with Crippen molar-refractivity contribution in [2.24, 2.45) is 5.73 Å². The first-order valence-corrected chi connectivity index (χ1v) is 6.43. The van der Waals surface area contributed by atoms with Crippen LogP contribution in [0.15, 0.2) is 18.2 Å². The highest BCUT2D eigenvalue weighted by molar-refractivity contribution is 5.83. The molecule has 1 saturated heterocycles. The maximum Gasteiger partial charge on any atom is 0.263 e. The molecule has 19 heavy (non-hydrogen) atoms. The van der Waals surface area contributed by atoms with Crippen LogP contribution < -0.4 is 10.5 Å². The predicted molar refractivity (Wildman–Crippen MR) is 70.4 cm³/mol. The van der Waals surface area contributed by atoms with Crippen LogP contribution in [0.2, 0.25) is 0 Å². The summed E-state index contributed by atoms with van der Waals surface area (Å²) in [5.74, 6) is 0.196. The fourth-order valence-electron chi connectivity index (χ4n) is 2.22. The van der Waals surface area contributed by atoms with Gasteiger partial charge in [-0.15, -0.1) is 0 Å². The summed E-state index contributed by atoms with van der Waals surface area (Å²) in [6.45, 7) is 2.54. The van der Waals surface area contributed by atoms with Crippen molar-refractivity contribution in [3.8, 4) is 5.75 Å². The van der Waals surface area contributed by atoms with Gasteiger partial charge in [-0.1, -0.05) is 0 Å². The van der Waals surface area contributed by atoms with E-state index >= 15 is 0 Å². The van der Waals surface area contributed by atoms with Gasteiger partial charge in [0.2, 0.25) is 0 Å². The third kappa shape index (κ3) is 3.23. The number of carbonyl (C=O) groups is 1. The molecular formula is C14H19FN2O2. The van der Waals surface area contributed by atoms with Gasteiger partial charge in [0.05, 0.1) is 0 Å². The molecule has 1 amide bonds. The third-order valence-electron chi connectivity index (χ3n) is 3.21. The Hall–Kier alpha value is -1.62. The van der Waals surface area contributed by atoms with E-state index in [1.807, 2.05) is 6.92 Å². The summed E-state index contributed by atoms with van der Waals surface area (Å²) in [5, 5.41) is 0. The summed E-state index contributed by atoms with van der Waals surface area (Å²) in [6.07, 6.45) is 0.705. The van der Waals surface area contributed by atoms with Gasteiger partial charge in [0.1, 0.15) is 11.6 Å². The molecule has 1 aromatic rings. The number of hydrogen-bond acceptors (Lipinski definition) is 3. The SMILES string of the molecule is CC(N)Cc1cc(F)ccc1OC1CCN(C)C1=O. The van der Waals surface area contributed by atoms with Gasteiger partial charge >= 0.3 is 0 Å². The van der Waals surface area contributed by atoms with Crippen LogP contribution >= 0.6 is 0 Å². The molecule has 4 nitrogen and oxygen atoms in total. The van der Waals surface area contributed by atoms with Crippen LogP contribution in [0.4, 0.5) is 4.39 Å². The Balaban J connectivity index is 2.17. The number of hydrogen-bond donors (Lipinski definition) is 1. The van der Waals surface area contributed by atoms with Crippen LogP contribution in [0.1, 0.15) is 18.9 Å². The highest BCUT2D eigenvalue weighted by Gasteiger charge is 2.31. The number of carbonyl (C=O) groups excluding carboxylic acids is 1. The molecule has 5 heteroatoms. The van der Waals surface area contributed by atoms with Gasteiger partial charge in [0, 0.05) is 26.1 Å². The second-order valence-electron chi connectivity index (χ2n) is 5.09. The normalized spacial score (nSPS) is 20.7. The Bertz CT molecular complexity index is 477. The Morgan fingerprint density at radius 1 is 1.58 bits per heavy atom. The minimum atomic E-state index is -0.470. The molecule has 0 aliphatic carbocycles. The molecule has 2 N–H and O–H groups in total. The van der Waals surface area contributed by atoms with Crippen LogP contribution in [0.3, 0.4) is 0 Å². The summed E-state index contributed by atoms with van der Waals surface area (Å²) < 4.78 is 19.0. The highest BCUT2D eigenvalue weighted by Crippen LogP contribution is 2.25. The molecule has 1 aliphatic heterocycles. The quantitative estimate of drug-likeness (QED) is 0.894. The minimum Gasteiger partial charge on any atom is -0.480 e. The average molecular weight is 266 g/mol. The number of rotatable bonds is 4. The zero-order valence-corrected chi connectivity index (χ0v) is 11.2. The molecule has 0 bridgehead atoms. The van der Waals surface area contributed by atoms with E-state index < -0.39 is 6.10 Å². The van der Waals surface area contributed by atoms with E-state index in [2.05, 4.69) is 0 Å². The minimum absolute atomic E-state index is 0.0314. The van der Waals surface area contributed by atoms with Gasteiger partial charge in [-0.3, -0.25) is 4.79 Å². The topological polar surface area (TPSA) is 55.6 Å². The number of nitrogens with two attached hydrogens (primary N) is 1. The number of ether oxygens (including phenoxy) is 1. The van der Waals surface area contributed by atoms with Crippen LogP contribution in [-0.2, 0) is 11.2 Å². The third-order valence-corrected chi connectivity index (χ3v) is 3.21. The molecule has 0 saturated carbocycles. The largest absolute Gasteiger partial charge is 0.480 e. The van der Waals surface area contributed by atoms with Gasteiger partial charge in [-0.05, 0) is 37.1 Å². The fourth-order valence-corrected chi connectivity index (χ4v) is 2.22. The van der Waals surface area contributed by atoms with E-state index in [-0.39, 0.29) is 17.8 Å². The van der Waals surface area contributed by atoms with E-state index in [1.165, 1.54) is 12.1 Å². The average Bonchev–Trinajstić information content (AvgIpc) is 2.64. The second-order valence-corrected chi connectivity index (χ2v) is 5.09. The molecule has 0 aromatic heterocycles. The fraction of sp³-hybridized carbons (Fsp3) is 0.500. The van der Waals surface area contributed by atoms with Gasteiger partial charge in [-0.2, -0.15) is 0 Å². The number of likely N-dealkylation sites (N-methyl/N-ethyl adjacent to an activating group) is 1. The van der Waals surface area contributed by atoms with Gasteiger partial charge in [0.15, 0.2) is 6.10 Å². The molecule has 2 unspecified atom stereocenters. The predicted octanol–water partition coefficient (Wildman–Crippen LogP) is 1.32. The monoisotopic (exact) mass is 266 g/mol. The molecule has 2 atom stereocenters. The van der Waals surface area contributed by atoms with Crippen molar-refractivity contribution < 1.29 is 13.9 Å². The number of amides is 1. The first-order chi connectivity index (χ1) is 8.97. The molecule has 1 aliphatic rings. The molecular weight excluding hydrogens is 247 g/mol. The molecule has 0 spiro atoms. The van der Waals surface area contributed by atoms with Gasteiger partial charge in [-0.25, -0.2) is 4.39 Å². The molecule has 2 rings (SSSR count). The standard InChI is InChI=1S/C14H19FN2O2/c1-9(16)7-10-8-11(15)3-4-12(10)19-13-5-6-17(2)14(13)18/h3-4,8-9,13H,5-7,16H2,1-2H3. The zero-order chi connectivity index (χ0) is 14.0. The smallest absolute Gasteiger partial charge is 0.263 e. The maximum absolute atomic E-state index is 13.3. The van der Waals surface area contributed by atoms with E-state index in [0.717, 1.165) is 0 Å². The Morgan fingerprint density at radius 2 is 2.32 bits per heavy atom. The molecule has 1 fully saturated rings. The summed E-state index contributed by atoms with van der Waals surface area (Å²) >= 11 is 0. The van der Waals surface area contributed by atoms with E-state index in [0.29, 0.717) is 30.7 Å². The van der Waals surface area contributed by atoms with Crippen molar-refractivity contribution in [1.29, 1.82) is 0 Å². The first-order valence-electron chi connectivity index (χ1n) is 6.43. The lowest BCUT2D eigenvalue weighted by atomic mass is 10.1. The number of benzene rings is 1. The summed E-state index contributed by atoms with van der Waals surface area (Å²) in [4.78, 5) is 13.5.